The van der Waals surface area contributed by atoms with Gasteiger partial charge in [0.2, 0.25) is 0 Å². The molecule has 1 fully saturated rings. The van der Waals surface area contributed by atoms with E-state index in [-0.39, 0.29) is 17.6 Å². The minimum absolute atomic E-state index is 0.0640. The van der Waals surface area contributed by atoms with E-state index in [1.807, 2.05) is 79.0 Å². The van der Waals surface area contributed by atoms with Gasteiger partial charge in [0.05, 0.1) is 18.2 Å². The Hall–Kier alpha value is -2.07. The molecule has 1 aromatic carbocycles. The molecule has 22 heavy (non-hydrogen) atoms. The minimum Gasteiger partial charge on any atom is -0.374 e. The number of benzene rings is 1. The van der Waals surface area contributed by atoms with E-state index in [2.05, 4.69) is 0 Å². The van der Waals surface area contributed by atoms with Gasteiger partial charge in [-0.3, -0.25) is 4.79 Å². The summed E-state index contributed by atoms with van der Waals surface area (Å²) in [5, 5.41) is 0. The zero-order chi connectivity index (χ0) is 15.7. The Morgan fingerprint density at radius 3 is 2.68 bits per heavy atom. The van der Waals surface area contributed by atoms with Crippen molar-refractivity contribution in [2.45, 2.75) is 32.4 Å². The number of carbonyl (C=O) groups is 1. The van der Waals surface area contributed by atoms with Gasteiger partial charge >= 0.3 is 0 Å². The zero-order valence-corrected chi connectivity index (χ0v) is 13.3. The molecule has 0 N–H and O–H groups in total. The Bertz CT molecular complexity index is 661. The summed E-state index contributed by atoms with van der Waals surface area (Å²) >= 11 is 0. The first-order valence-electron chi connectivity index (χ1n) is 7.64. The van der Waals surface area contributed by atoms with Gasteiger partial charge in [0.15, 0.2) is 0 Å². The molecule has 1 aromatic heterocycles. The fourth-order valence-electron chi connectivity index (χ4n) is 2.80. The smallest absolute Gasteiger partial charge is 0.254 e. The summed E-state index contributed by atoms with van der Waals surface area (Å²) < 4.78 is 7.70. The molecule has 0 radical (unpaired) electrons. The molecule has 2 aromatic rings. The maximum absolute atomic E-state index is 12.9. The number of nitrogens with zero attached hydrogens (tertiary/aromatic N) is 2. The van der Waals surface area contributed by atoms with Crippen molar-refractivity contribution < 1.29 is 9.53 Å². The number of hydrogen-bond acceptors (Lipinski definition) is 2. The van der Waals surface area contributed by atoms with Crippen LogP contribution in [0.15, 0.2) is 48.8 Å². The van der Waals surface area contributed by atoms with Gasteiger partial charge in [0.25, 0.3) is 5.91 Å². The van der Waals surface area contributed by atoms with Crippen molar-refractivity contribution in [2.75, 3.05) is 13.2 Å². The lowest BCUT2D eigenvalue weighted by Gasteiger charge is -2.44. The second kappa shape index (κ2) is 5.61. The average Bonchev–Trinajstić information content (AvgIpc) is 3.03. The molecule has 0 spiro atoms. The molecule has 0 bridgehead atoms. The van der Waals surface area contributed by atoms with Crippen LogP contribution in [0.3, 0.4) is 0 Å². The lowest BCUT2D eigenvalue weighted by Crippen LogP contribution is -2.57. The summed E-state index contributed by atoms with van der Waals surface area (Å²) in [4.78, 5) is 14.9. The Kier molecular flexibility index (Phi) is 3.79. The molecule has 4 heteroatoms. The maximum atomic E-state index is 12.9. The van der Waals surface area contributed by atoms with Gasteiger partial charge in [-0.25, -0.2) is 0 Å². The molecule has 1 atom stereocenters. The molecule has 1 unspecified atom stereocenters. The van der Waals surface area contributed by atoms with Gasteiger partial charge in [-0.1, -0.05) is 6.07 Å². The summed E-state index contributed by atoms with van der Waals surface area (Å²) in [5.74, 6) is 0.0640. The van der Waals surface area contributed by atoms with Gasteiger partial charge in [0, 0.05) is 30.2 Å². The summed E-state index contributed by atoms with van der Waals surface area (Å²) in [6, 6.07) is 11.7. The number of aromatic nitrogens is 1. The highest BCUT2D eigenvalue weighted by Crippen LogP contribution is 2.25. The maximum Gasteiger partial charge on any atom is 0.254 e. The van der Waals surface area contributed by atoms with Gasteiger partial charge in [-0.15, -0.1) is 0 Å². The molecule has 1 aliphatic heterocycles. The normalized spacial score (nSPS) is 20.9. The number of rotatable bonds is 2. The first-order valence-corrected chi connectivity index (χ1v) is 7.64. The quantitative estimate of drug-likeness (QED) is 0.854. The monoisotopic (exact) mass is 298 g/mol. The van der Waals surface area contributed by atoms with Crippen LogP contribution in [-0.4, -0.2) is 40.2 Å². The molecule has 0 saturated carbocycles. The molecular weight excluding hydrogens is 276 g/mol. The van der Waals surface area contributed by atoms with E-state index in [0.717, 1.165) is 5.69 Å². The Balaban J connectivity index is 1.90. The first kappa shape index (κ1) is 14.9. The fourth-order valence-corrected chi connectivity index (χ4v) is 2.80. The van der Waals surface area contributed by atoms with Gasteiger partial charge in [-0.05, 0) is 51.1 Å². The molecule has 1 aliphatic rings. The van der Waals surface area contributed by atoms with Crippen LogP contribution in [-0.2, 0) is 4.74 Å². The standard InChI is InChI=1S/C18H22N2O2/c1-14-12-20(18(2,3)13-22-14)17(21)15-7-6-8-16(11-15)19-9-4-5-10-19/h4-11,14H,12-13H2,1-3H3. The number of morpholine rings is 1. The molecule has 1 saturated heterocycles. The molecule has 116 valence electrons. The van der Waals surface area contributed by atoms with E-state index in [4.69, 9.17) is 4.74 Å². The van der Waals surface area contributed by atoms with E-state index in [9.17, 15) is 4.79 Å². The highest BCUT2D eigenvalue weighted by atomic mass is 16.5. The SMILES string of the molecule is CC1CN(C(=O)c2cccc(-n3cccc3)c2)C(C)(C)CO1. The first-order chi connectivity index (χ1) is 10.5. The van der Waals surface area contributed by atoms with E-state index in [0.29, 0.717) is 18.7 Å². The van der Waals surface area contributed by atoms with Crippen molar-refractivity contribution in [3.8, 4) is 5.69 Å². The zero-order valence-electron chi connectivity index (χ0n) is 13.3. The number of amides is 1. The van der Waals surface area contributed by atoms with Crippen molar-refractivity contribution in [3.63, 3.8) is 0 Å². The van der Waals surface area contributed by atoms with Crippen molar-refractivity contribution in [2.24, 2.45) is 0 Å². The summed E-state index contributed by atoms with van der Waals surface area (Å²) in [6.45, 7) is 7.29. The molecule has 1 amide bonds. The van der Waals surface area contributed by atoms with E-state index in [1.54, 1.807) is 0 Å². The Morgan fingerprint density at radius 1 is 1.23 bits per heavy atom. The largest absolute Gasteiger partial charge is 0.374 e. The van der Waals surface area contributed by atoms with Crippen molar-refractivity contribution in [3.05, 3.63) is 54.4 Å². The van der Waals surface area contributed by atoms with Crippen molar-refractivity contribution >= 4 is 5.91 Å². The molecule has 0 aliphatic carbocycles. The van der Waals surface area contributed by atoms with Crippen LogP contribution in [0.4, 0.5) is 0 Å². The third kappa shape index (κ3) is 2.79. The summed E-state index contributed by atoms with van der Waals surface area (Å²) in [6.07, 6.45) is 4.03. The van der Waals surface area contributed by atoms with Crippen LogP contribution in [0.1, 0.15) is 31.1 Å². The van der Waals surface area contributed by atoms with Crippen LogP contribution in [0.25, 0.3) is 5.69 Å². The van der Waals surface area contributed by atoms with Gasteiger partial charge in [0.1, 0.15) is 0 Å². The predicted molar refractivity (Wildman–Crippen MR) is 86.3 cm³/mol. The number of ether oxygens (including phenoxy) is 1. The topological polar surface area (TPSA) is 34.5 Å². The second-order valence-electron chi connectivity index (χ2n) is 6.49. The molecule has 3 rings (SSSR count). The lowest BCUT2D eigenvalue weighted by molar-refractivity contribution is -0.0755. The molecular formula is C18H22N2O2. The highest BCUT2D eigenvalue weighted by molar-refractivity contribution is 5.95. The number of hydrogen-bond donors (Lipinski definition) is 0. The van der Waals surface area contributed by atoms with Crippen molar-refractivity contribution in [1.82, 2.24) is 9.47 Å². The van der Waals surface area contributed by atoms with Crippen LogP contribution < -0.4 is 0 Å². The predicted octanol–water partition coefficient (Wildman–Crippen LogP) is 3.12. The van der Waals surface area contributed by atoms with E-state index in [1.165, 1.54) is 0 Å². The van der Waals surface area contributed by atoms with Crippen LogP contribution in [0.5, 0.6) is 0 Å². The summed E-state index contributed by atoms with van der Waals surface area (Å²) in [5.41, 5.74) is 1.43. The summed E-state index contributed by atoms with van der Waals surface area (Å²) in [7, 11) is 0. The van der Waals surface area contributed by atoms with Crippen LogP contribution in [0, 0.1) is 0 Å². The second-order valence-corrected chi connectivity index (χ2v) is 6.49. The number of carbonyl (C=O) groups excluding carboxylic acids is 1. The fraction of sp³-hybridized carbons (Fsp3) is 0.389. The minimum atomic E-state index is -0.285. The third-order valence-corrected chi connectivity index (χ3v) is 4.13. The van der Waals surface area contributed by atoms with Crippen molar-refractivity contribution in [1.29, 1.82) is 0 Å². The third-order valence-electron chi connectivity index (χ3n) is 4.13. The Morgan fingerprint density at radius 2 is 1.95 bits per heavy atom. The van der Waals surface area contributed by atoms with E-state index < -0.39 is 0 Å². The van der Waals surface area contributed by atoms with Crippen LogP contribution in [0.2, 0.25) is 0 Å². The Labute approximate surface area is 131 Å². The molecule has 4 nitrogen and oxygen atoms in total. The average molecular weight is 298 g/mol. The van der Waals surface area contributed by atoms with E-state index >= 15 is 0 Å². The van der Waals surface area contributed by atoms with Gasteiger partial charge in [-0.2, -0.15) is 0 Å². The molecule has 2 heterocycles. The van der Waals surface area contributed by atoms with Gasteiger partial charge < -0.3 is 14.2 Å². The van der Waals surface area contributed by atoms with Crippen LogP contribution >= 0.6 is 0 Å². The lowest BCUT2D eigenvalue weighted by atomic mass is 9.99. The highest BCUT2D eigenvalue weighted by Gasteiger charge is 2.37.